The molecule has 0 saturated carbocycles. The van der Waals surface area contributed by atoms with Crippen molar-refractivity contribution in [3.63, 3.8) is 0 Å². The Balaban J connectivity index is 1.63. The number of hydrogen-bond acceptors (Lipinski definition) is 7. The number of carbonyl (C=O) groups is 1. The lowest BCUT2D eigenvalue weighted by Crippen LogP contribution is -2.23. The fraction of sp³-hybridized carbons (Fsp3) is 0.105. The summed E-state index contributed by atoms with van der Waals surface area (Å²) in [6.45, 7) is 1.81. The number of rotatable bonds is 5. The third-order valence-corrected chi connectivity index (χ3v) is 4.87. The highest BCUT2D eigenvalue weighted by molar-refractivity contribution is 8.00. The molecule has 4 aromatic rings. The number of aromatic nitrogens is 4. The summed E-state index contributed by atoms with van der Waals surface area (Å²) < 4.78 is 5.42. The molecule has 0 aliphatic carbocycles. The molecule has 0 radical (unpaired) electrons. The first-order valence-corrected chi connectivity index (χ1v) is 9.14. The van der Waals surface area contributed by atoms with E-state index in [2.05, 4.69) is 25.3 Å². The molecule has 7 nitrogen and oxygen atoms in total. The Kier molecular flexibility index (Phi) is 4.80. The van der Waals surface area contributed by atoms with Crippen LogP contribution in [0.1, 0.15) is 6.92 Å². The van der Waals surface area contributed by atoms with Gasteiger partial charge in [0.25, 0.3) is 0 Å². The number of nitrogens with zero attached hydrogens (tertiary/aromatic N) is 4. The summed E-state index contributed by atoms with van der Waals surface area (Å²) in [5, 5.41) is 3.90. The van der Waals surface area contributed by atoms with Gasteiger partial charge in [0.15, 0.2) is 11.6 Å². The molecular weight excluding hydrogens is 362 g/mol. The highest BCUT2D eigenvalue weighted by atomic mass is 32.2. The van der Waals surface area contributed by atoms with Gasteiger partial charge in [0, 0.05) is 17.8 Å². The largest absolute Gasteiger partial charge is 0.461 e. The van der Waals surface area contributed by atoms with Crippen LogP contribution < -0.4 is 5.32 Å². The zero-order chi connectivity index (χ0) is 18.6. The molecule has 1 aromatic carbocycles. The number of anilines is 1. The van der Waals surface area contributed by atoms with E-state index >= 15 is 0 Å². The Morgan fingerprint density at radius 3 is 2.67 bits per heavy atom. The molecule has 134 valence electrons. The zero-order valence-corrected chi connectivity index (χ0v) is 15.2. The first kappa shape index (κ1) is 17.2. The quantitative estimate of drug-likeness (QED) is 0.417. The van der Waals surface area contributed by atoms with E-state index in [0.29, 0.717) is 16.6 Å². The van der Waals surface area contributed by atoms with E-state index in [1.807, 2.05) is 31.2 Å². The molecule has 0 saturated heterocycles. The van der Waals surface area contributed by atoms with Crippen molar-refractivity contribution < 1.29 is 9.21 Å². The summed E-state index contributed by atoms with van der Waals surface area (Å²) in [4.78, 5) is 29.7. The number of carbonyl (C=O) groups excluding carboxylic acids is 1. The molecule has 0 spiro atoms. The van der Waals surface area contributed by atoms with Gasteiger partial charge in [0.1, 0.15) is 5.03 Å². The van der Waals surface area contributed by atoms with E-state index in [1.54, 1.807) is 36.9 Å². The van der Waals surface area contributed by atoms with Crippen LogP contribution in [-0.4, -0.2) is 31.1 Å². The lowest BCUT2D eigenvalue weighted by Gasteiger charge is -2.12. The van der Waals surface area contributed by atoms with Crippen molar-refractivity contribution in [2.75, 3.05) is 5.32 Å². The van der Waals surface area contributed by atoms with Crippen LogP contribution in [0.2, 0.25) is 0 Å². The normalized spacial score (nSPS) is 12.0. The Labute approximate surface area is 159 Å². The highest BCUT2D eigenvalue weighted by Gasteiger charge is 2.19. The van der Waals surface area contributed by atoms with Crippen molar-refractivity contribution in [1.29, 1.82) is 0 Å². The number of benzene rings is 1. The molecule has 1 N–H and O–H groups in total. The summed E-state index contributed by atoms with van der Waals surface area (Å²) in [6, 6.07) is 13.0. The highest BCUT2D eigenvalue weighted by Crippen LogP contribution is 2.31. The van der Waals surface area contributed by atoms with Gasteiger partial charge in [-0.25, -0.2) is 19.9 Å². The van der Waals surface area contributed by atoms with Crippen molar-refractivity contribution in [2.24, 2.45) is 0 Å². The number of amides is 1. The number of fused-ring (bicyclic) bond motifs is 1. The third-order valence-electron chi connectivity index (χ3n) is 3.77. The number of nitrogens with one attached hydrogen (secondary N) is 1. The third kappa shape index (κ3) is 3.80. The molecule has 0 aliphatic heterocycles. The first-order chi connectivity index (χ1) is 13.2. The van der Waals surface area contributed by atoms with E-state index < -0.39 is 5.25 Å². The molecule has 0 aliphatic rings. The van der Waals surface area contributed by atoms with Gasteiger partial charge in [-0.2, -0.15) is 0 Å². The molecule has 1 amide bonds. The molecule has 1 unspecified atom stereocenters. The Bertz CT molecular complexity index is 1070. The van der Waals surface area contributed by atoms with Crippen molar-refractivity contribution in [2.45, 2.75) is 17.2 Å². The second-order valence-electron chi connectivity index (χ2n) is 5.67. The van der Waals surface area contributed by atoms with Gasteiger partial charge in [-0.15, -0.1) is 0 Å². The van der Waals surface area contributed by atoms with Crippen molar-refractivity contribution in [1.82, 2.24) is 19.9 Å². The minimum absolute atomic E-state index is 0.201. The molecule has 1 atom stereocenters. The number of para-hydroxylation sites is 1. The van der Waals surface area contributed by atoms with Crippen molar-refractivity contribution in [3.8, 4) is 11.6 Å². The first-order valence-electron chi connectivity index (χ1n) is 8.26. The van der Waals surface area contributed by atoms with E-state index in [4.69, 9.17) is 4.42 Å². The molecule has 27 heavy (non-hydrogen) atoms. The lowest BCUT2D eigenvalue weighted by molar-refractivity contribution is -0.115. The second-order valence-corrected chi connectivity index (χ2v) is 7.00. The monoisotopic (exact) mass is 377 g/mol. The fourth-order valence-electron chi connectivity index (χ4n) is 2.45. The molecule has 4 rings (SSSR count). The van der Waals surface area contributed by atoms with Crippen LogP contribution in [0, 0.1) is 0 Å². The van der Waals surface area contributed by atoms with Gasteiger partial charge < -0.3 is 4.42 Å². The molecular formula is C19H15N5O2S. The van der Waals surface area contributed by atoms with Gasteiger partial charge in [-0.1, -0.05) is 30.0 Å². The maximum atomic E-state index is 12.5. The van der Waals surface area contributed by atoms with Crippen LogP contribution in [0.5, 0.6) is 0 Å². The maximum Gasteiger partial charge on any atom is 0.239 e. The number of furan rings is 1. The van der Waals surface area contributed by atoms with Crippen LogP contribution in [0.3, 0.4) is 0 Å². The summed E-state index contributed by atoms with van der Waals surface area (Å²) in [5.74, 6) is 1.14. The Morgan fingerprint density at radius 2 is 1.89 bits per heavy atom. The average molecular weight is 377 g/mol. The summed E-state index contributed by atoms with van der Waals surface area (Å²) in [7, 11) is 0. The lowest BCUT2D eigenvalue weighted by atomic mass is 10.2. The van der Waals surface area contributed by atoms with E-state index in [1.165, 1.54) is 11.8 Å². The standard InChI is InChI=1S/C19H15N5O2S/c1-12(17(25)24-19-20-9-5-10-21-19)27-18-13-6-2-3-7-14(13)22-16(23-18)15-8-4-11-26-15/h2-12H,1H3,(H,20,21,24,25). The summed E-state index contributed by atoms with van der Waals surface area (Å²) in [5.41, 5.74) is 0.792. The molecule has 3 aromatic heterocycles. The van der Waals surface area contributed by atoms with Gasteiger partial charge in [0.2, 0.25) is 11.9 Å². The van der Waals surface area contributed by atoms with Crippen LogP contribution in [0.15, 0.2) is 70.6 Å². The zero-order valence-electron chi connectivity index (χ0n) is 14.4. The molecule has 8 heteroatoms. The topological polar surface area (TPSA) is 93.8 Å². The average Bonchev–Trinajstić information content (AvgIpc) is 3.23. The summed E-state index contributed by atoms with van der Waals surface area (Å²) >= 11 is 1.35. The van der Waals surface area contributed by atoms with Crippen molar-refractivity contribution in [3.05, 3.63) is 61.1 Å². The number of hydrogen-bond donors (Lipinski definition) is 1. The van der Waals surface area contributed by atoms with Gasteiger partial charge in [-0.3, -0.25) is 10.1 Å². The van der Waals surface area contributed by atoms with Crippen LogP contribution in [0.4, 0.5) is 5.95 Å². The predicted molar refractivity (Wildman–Crippen MR) is 103 cm³/mol. The van der Waals surface area contributed by atoms with Crippen LogP contribution in [-0.2, 0) is 4.79 Å². The fourth-order valence-corrected chi connectivity index (χ4v) is 3.39. The van der Waals surface area contributed by atoms with E-state index in [9.17, 15) is 4.79 Å². The van der Waals surface area contributed by atoms with Gasteiger partial charge in [0.05, 0.1) is 17.0 Å². The molecule has 0 bridgehead atoms. The van der Waals surface area contributed by atoms with E-state index in [0.717, 1.165) is 10.9 Å². The SMILES string of the molecule is CC(Sc1nc(-c2ccco2)nc2ccccc12)C(=O)Nc1ncccn1. The summed E-state index contributed by atoms with van der Waals surface area (Å²) in [6.07, 6.45) is 4.73. The van der Waals surface area contributed by atoms with Crippen LogP contribution in [0.25, 0.3) is 22.5 Å². The minimum Gasteiger partial charge on any atom is -0.461 e. The molecule has 3 heterocycles. The maximum absolute atomic E-state index is 12.5. The van der Waals surface area contributed by atoms with Crippen molar-refractivity contribution >= 4 is 34.5 Å². The Hall–Kier alpha value is -3.26. The second kappa shape index (κ2) is 7.55. The van der Waals surface area contributed by atoms with Crippen LogP contribution >= 0.6 is 11.8 Å². The van der Waals surface area contributed by atoms with E-state index in [-0.39, 0.29) is 11.9 Å². The molecule has 0 fully saturated rings. The number of thioether (sulfide) groups is 1. The Morgan fingerprint density at radius 1 is 1.07 bits per heavy atom. The minimum atomic E-state index is -0.406. The van der Waals surface area contributed by atoms with Gasteiger partial charge in [-0.05, 0) is 31.2 Å². The smallest absolute Gasteiger partial charge is 0.239 e. The predicted octanol–water partition coefficient (Wildman–Crippen LogP) is 3.80. The van der Waals surface area contributed by atoms with Gasteiger partial charge >= 0.3 is 0 Å².